The lowest BCUT2D eigenvalue weighted by Crippen LogP contribution is -2.16. The standard InChI is InChI=1S/C5H4F3N2O/c1-10-3-4(2-9-10)11-5(6,7)8/h2H,1H3. The number of halogens is 3. The maximum atomic E-state index is 11.5. The second kappa shape index (κ2) is 2.44. The largest absolute Gasteiger partial charge is 0.573 e. The summed E-state index contributed by atoms with van der Waals surface area (Å²) in [5.74, 6) is -0.431. The summed E-state index contributed by atoms with van der Waals surface area (Å²) in [5, 5.41) is 3.44. The normalized spacial score (nSPS) is 11.6. The van der Waals surface area contributed by atoms with E-state index in [9.17, 15) is 13.2 Å². The summed E-state index contributed by atoms with van der Waals surface area (Å²) in [5.41, 5.74) is 0. The van der Waals surface area contributed by atoms with Gasteiger partial charge in [-0.1, -0.05) is 0 Å². The van der Waals surface area contributed by atoms with Gasteiger partial charge in [0, 0.05) is 7.05 Å². The van der Waals surface area contributed by atoms with Gasteiger partial charge in [-0.2, -0.15) is 5.10 Å². The first-order valence-corrected chi connectivity index (χ1v) is 2.64. The van der Waals surface area contributed by atoms with Crippen LogP contribution in [0.2, 0.25) is 0 Å². The fraction of sp³-hybridized carbons (Fsp3) is 0.400. The van der Waals surface area contributed by atoms with E-state index in [2.05, 4.69) is 16.0 Å². The Labute approximate surface area is 60.4 Å². The lowest BCUT2D eigenvalue weighted by Gasteiger charge is -2.04. The zero-order valence-corrected chi connectivity index (χ0v) is 5.51. The van der Waals surface area contributed by atoms with E-state index in [1.165, 1.54) is 7.05 Å². The summed E-state index contributed by atoms with van der Waals surface area (Å²) in [6.07, 6.45) is -1.53. The van der Waals surface area contributed by atoms with Crippen LogP contribution in [0.5, 0.6) is 5.75 Å². The fourth-order valence-corrected chi connectivity index (χ4v) is 0.530. The van der Waals surface area contributed by atoms with Gasteiger partial charge in [-0.25, -0.2) is 0 Å². The quantitative estimate of drug-likeness (QED) is 0.623. The van der Waals surface area contributed by atoms with E-state index in [1.54, 1.807) is 0 Å². The average molecular weight is 165 g/mol. The molecule has 1 aromatic heterocycles. The highest BCUT2D eigenvalue weighted by Crippen LogP contribution is 2.20. The molecular weight excluding hydrogens is 161 g/mol. The van der Waals surface area contributed by atoms with Crippen molar-refractivity contribution in [1.29, 1.82) is 0 Å². The highest BCUT2D eigenvalue weighted by Gasteiger charge is 2.31. The molecule has 6 heteroatoms. The lowest BCUT2D eigenvalue weighted by atomic mass is 10.7. The molecule has 1 heterocycles. The summed E-state index contributed by atoms with van der Waals surface area (Å²) in [4.78, 5) is 0. The monoisotopic (exact) mass is 165 g/mol. The van der Waals surface area contributed by atoms with Crippen molar-refractivity contribution < 1.29 is 17.9 Å². The van der Waals surface area contributed by atoms with Crippen molar-refractivity contribution in [2.75, 3.05) is 0 Å². The molecule has 0 N–H and O–H groups in total. The van der Waals surface area contributed by atoms with Crippen LogP contribution < -0.4 is 4.74 Å². The van der Waals surface area contributed by atoms with Crippen molar-refractivity contribution in [1.82, 2.24) is 9.78 Å². The van der Waals surface area contributed by atoms with Crippen LogP contribution >= 0.6 is 0 Å². The van der Waals surface area contributed by atoms with Crippen molar-refractivity contribution in [3.05, 3.63) is 12.4 Å². The first kappa shape index (κ1) is 7.90. The molecule has 0 atom stereocenters. The van der Waals surface area contributed by atoms with Gasteiger partial charge in [-0.15, -0.1) is 13.2 Å². The Morgan fingerprint density at radius 2 is 2.27 bits per heavy atom. The molecule has 11 heavy (non-hydrogen) atoms. The Morgan fingerprint density at radius 3 is 2.64 bits per heavy atom. The summed E-state index contributed by atoms with van der Waals surface area (Å²) < 4.78 is 39.0. The van der Waals surface area contributed by atoms with E-state index in [1.807, 2.05) is 0 Å². The van der Waals surface area contributed by atoms with Crippen LogP contribution in [0, 0.1) is 6.20 Å². The zero-order valence-electron chi connectivity index (χ0n) is 5.51. The molecule has 0 unspecified atom stereocenters. The van der Waals surface area contributed by atoms with Crippen LogP contribution in [0.3, 0.4) is 0 Å². The number of nitrogens with zero attached hydrogens (tertiary/aromatic N) is 2. The number of ether oxygens (including phenoxy) is 1. The predicted molar refractivity (Wildman–Crippen MR) is 28.7 cm³/mol. The van der Waals surface area contributed by atoms with Gasteiger partial charge in [0.15, 0.2) is 5.75 Å². The summed E-state index contributed by atoms with van der Waals surface area (Å²) >= 11 is 0. The molecule has 0 spiro atoms. The second-order valence-electron chi connectivity index (χ2n) is 1.79. The minimum Gasteiger partial charge on any atom is -0.402 e. The maximum absolute atomic E-state index is 11.5. The lowest BCUT2D eigenvalue weighted by molar-refractivity contribution is -0.274. The van der Waals surface area contributed by atoms with Crippen molar-refractivity contribution in [2.45, 2.75) is 6.36 Å². The number of hydrogen-bond donors (Lipinski definition) is 0. The average Bonchev–Trinajstić information content (AvgIpc) is 2.10. The maximum Gasteiger partial charge on any atom is 0.573 e. The smallest absolute Gasteiger partial charge is 0.402 e. The molecule has 0 bridgehead atoms. The van der Waals surface area contributed by atoms with Crippen LogP contribution in [-0.2, 0) is 7.05 Å². The Morgan fingerprint density at radius 1 is 1.64 bits per heavy atom. The van der Waals surface area contributed by atoms with Crippen LogP contribution in [0.4, 0.5) is 13.2 Å². The number of aryl methyl sites for hydroxylation is 1. The first-order valence-electron chi connectivity index (χ1n) is 2.64. The Balaban J connectivity index is 2.65. The topological polar surface area (TPSA) is 27.1 Å². The molecule has 0 aliphatic carbocycles. The molecule has 1 rings (SSSR count). The van der Waals surface area contributed by atoms with Crippen molar-refractivity contribution in [2.24, 2.45) is 7.05 Å². The molecule has 0 aromatic carbocycles. The van der Waals surface area contributed by atoms with Gasteiger partial charge in [0.05, 0.1) is 6.20 Å². The third-order valence-corrected chi connectivity index (χ3v) is 0.846. The Bertz CT molecular complexity index is 242. The molecule has 1 radical (unpaired) electrons. The minimum absolute atomic E-state index is 0.431. The Hall–Kier alpha value is -1.20. The molecule has 0 fully saturated rings. The molecule has 0 saturated heterocycles. The second-order valence-corrected chi connectivity index (χ2v) is 1.79. The molecule has 0 aliphatic rings. The van der Waals surface area contributed by atoms with Gasteiger partial charge < -0.3 is 4.74 Å². The highest BCUT2D eigenvalue weighted by atomic mass is 19.4. The van der Waals surface area contributed by atoms with E-state index in [4.69, 9.17) is 0 Å². The van der Waals surface area contributed by atoms with E-state index in [0.29, 0.717) is 0 Å². The van der Waals surface area contributed by atoms with Gasteiger partial charge in [-0.05, 0) is 0 Å². The van der Waals surface area contributed by atoms with Crippen LogP contribution in [-0.4, -0.2) is 16.1 Å². The zero-order chi connectivity index (χ0) is 8.48. The number of aromatic nitrogens is 2. The molecular formula is C5H4F3N2O. The minimum atomic E-state index is -4.67. The number of alkyl halides is 3. The molecule has 3 nitrogen and oxygen atoms in total. The van der Waals surface area contributed by atoms with Crippen molar-refractivity contribution in [3.8, 4) is 5.75 Å². The van der Waals surface area contributed by atoms with Gasteiger partial charge in [0.2, 0.25) is 0 Å². The summed E-state index contributed by atoms with van der Waals surface area (Å²) in [7, 11) is 1.45. The van der Waals surface area contributed by atoms with Gasteiger partial charge in [0.1, 0.15) is 6.20 Å². The van der Waals surface area contributed by atoms with Crippen molar-refractivity contribution in [3.63, 3.8) is 0 Å². The SMILES string of the molecule is Cn1[c]c(OC(F)(F)F)cn1. The van der Waals surface area contributed by atoms with E-state index in [-0.39, 0.29) is 0 Å². The van der Waals surface area contributed by atoms with E-state index < -0.39 is 12.1 Å². The van der Waals surface area contributed by atoms with Crippen LogP contribution in [0.25, 0.3) is 0 Å². The van der Waals surface area contributed by atoms with Crippen molar-refractivity contribution >= 4 is 0 Å². The van der Waals surface area contributed by atoms with Gasteiger partial charge >= 0.3 is 6.36 Å². The summed E-state index contributed by atoms with van der Waals surface area (Å²) in [6.45, 7) is 0. The van der Waals surface area contributed by atoms with Crippen LogP contribution in [0.1, 0.15) is 0 Å². The molecule has 61 valence electrons. The molecule has 0 amide bonds. The first-order chi connectivity index (χ1) is 4.97. The van der Waals surface area contributed by atoms with Gasteiger partial charge in [-0.3, -0.25) is 4.68 Å². The van der Waals surface area contributed by atoms with E-state index in [0.717, 1.165) is 10.9 Å². The highest BCUT2D eigenvalue weighted by molar-refractivity contribution is 5.09. The third kappa shape index (κ3) is 2.48. The van der Waals surface area contributed by atoms with Crippen LogP contribution in [0.15, 0.2) is 6.20 Å². The molecule has 0 saturated carbocycles. The predicted octanol–water partition coefficient (Wildman–Crippen LogP) is 1.12. The number of rotatable bonds is 1. The molecule has 0 aliphatic heterocycles. The fourth-order valence-electron chi connectivity index (χ4n) is 0.530. The van der Waals surface area contributed by atoms with E-state index >= 15 is 0 Å². The van der Waals surface area contributed by atoms with Gasteiger partial charge in [0.25, 0.3) is 0 Å². The molecule has 1 aromatic rings. The Kier molecular flexibility index (Phi) is 1.76. The number of hydrogen-bond acceptors (Lipinski definition) is 2. The third-order valence-electron chi connectivity index (χ3n) is 0.846. The summed E-state index contributed by atoms with van der Waals surface area (Å²) in [6, 6.07) is 0.